The zero-order valence-corrected chi connectivity index (χ0v) is 9.72. The van der Waals surface area contributed by atoms with Crippen LogP contribution in [0.2, 0.25) is 0 Å². The Labute approximate surface area is 96.0 Å². The predicted octanol–water partition coefficient (Wildman–Crippen LogP) is 1.34. The summed E-state index contributed by atoms with van der Waals surface area (Å²) in [7, 11) is 0. The van der Waals surface area contributed by atoms with Gasteiger partial charge in [0.05, 0.1) is 18.4 Å². The molecule has 0 spiro atoms. The second-order valence-corrected chi connectivity index (χ2v) is 5.03. The van der Waals surface area contributed by atoms with E-state index in [0.29, 0.717) is 6.10 Å². The second-order valence-electron chi connectivity index (χ2n) is 5.03. The monoisotopic (exact) mass is 221 g/mol. The number of morpholine rings is 1. The van der Waals surface area contributed by atoms with E-state index < -0.39 is 0 Å². The fraction of sp³-hybridized carbons (Fsp3) is 0.750. The van der Waals surface area contributed by atoms with Crippen LogP contribution in [0.5, 0.6) is 0 Å². The normalized spacial score (nSPS) is 30.6. The summed E-state index contributed by atoms with van der Waals surface area (Å²) in [6.07, 6.45) is 7.30. The van der Waals surface area contributed by atoms with Crippen LogP contribution in [0.4, 0.5) is 0 Å². The van der Waals surface area contributed by atoms with Crippen LogP contribution >= 0.6 is 0 Å². The van der Waals surface area contributed by atoms with Crippen molar-refractivity contribution < 1.29 is 4.74 Å². The number of hydrogen-bond donors (Lipinski definition) is 1. The molecule has 0 radical (unpaired) electrons. The van der Waals surface area contributed by atoms with Gasteiger partial charge in [-0.1, -0.05) is 0 Å². The van der Waals surface area contributed by atoms with Crippen molar-refractivity contribution in [1.29, 1.82) is 0 Å². The fourth-order valence-electron chi connectivity index (χ4n) is 2.20. The maximum atomic E-state index is 5.89. The molecule has 1 aliphatic heterocycles. The average Bonchev–Trinajstić information content (AvgIpc) is 2.94. The quantitative estimate of drug-likeness (QED) is 0.837. The molecule has 3 rings (SSSR count). The third-order valence-corrected chi connectivity index (χ3v) is 3.33. The fourth-order valence-corrected chi connectivity index (χ4v) is 2.20. The molecule has 0 aromatic carbocycles. The highest BCUT2D eigenvalue weighted by molar-refractivity contribution is 5.10. The SMILES string of the molecule is C[C@@H]1CNCC(c2cnn(CC3CC3)c2)O1. The van der Waals surface area contributed by atoms with Gasteiger partial charge in [0.25, 0.3) is 0 Å². The Morgan fingerprint density at radius 2 is 2.38 bits per heavy atom. The van der Waals surface area contributed by atoms with E-state index >= 15 is 0 Å². The summed E-state index contributed by atoms with van der Waals surface area (Å²) in [5, 5.41) is 7.79. The van der Waals surface area contributed by atoms with Gasteiger partial charge in [-0.15, -0.1) is 0 Å². The van der Waals surface area contributed by atoms with Crippen LogP contribution in [-0.2, 0) is 11.3 Å². The van der Waals surface area contributed by atoms with Crippen LogP contribution < -0.4 is 5.32 Å². The maximum absolute atomic E-state index is 5.89. The van der Waals surface area contributed by atoms with Crippen molar-refractivity contribution >= 4 is 0 Å². The standard InChI is InChI=1S/C12H19N3O/c1-9-4-13-6-12(16-9)11-5-14-15(8-11)7-10-2-3-10/h5,8-10,12-13H,2-4,6-7H2,1H3/t9-,12?/m1/s1. The summed E-state index contributed by atoms with van der Waals surface area (Å²) in [4.78, 5) is 0. The Bertz CT molecular complexity index is 359. The van der Waals surface area contributed by atoms with Crippen molar-refractivity contribution in [1.82, 2.24) is 15.1 Å². The van der Waals surface area contributed by atoms with Crippen molar-refractivity contribution in [2.45, 2.75) is 38.5 Å². The van der Waals surface area contributed by atoms with Gasteiger partial charge in [0.2, 0.25) is 0 Å². The molecule has 0 bridgehead atoms. The highest BCUT2D eigenvalue weighted by Gasteiger charge is 2.24. The molecule has 4 heteroatoms. The first-order chi connectivity index (χ1) is 7.81. The van der Waals surface area contributed by atoms with Gasteiger partial charge in [0.1, 0.15) is 0 Å². The van der Waals surface area contributed by atoms with E-state index in [1.807, 2.05) is 6.20 Å². The lowest BCUT2D eigenvalue weighted by Crippen LogP contribution is -2.38. The van der Waals surface area contributed by atoms with Crippen LogP contribution in [0.1, 0.15) is 31.4 Å². The van der Waals surface area contributed by atoms with Gasteiger partial charge in [-0.3, -0.25) is 4.68 Å². The number of rotatable bonds is 3. The van der Waals surface area contributed by atoms with Crippen LogP contribution in [0.25, 0.3) is 0 Å². The van der Waals surface area contributed by atoms with Gasteiger partial charge >= 0.3 is 0 Å². The van der Waals surface area contributed by atoms with Crippen molar-refractivity contribution in [3.05, 3.63) is 18.0 Å². The molecule has 88 valence electrons. The number of aromatic nitrogens is 2. The van der Waals surface area contributed by atoms with Crippen molar-refractivity contribution in [3.8, 4) is 0 Å². The van der Waals surface area contributed by atoms with Crippen LogP contribution in [0, 0.1) is 5.92 Å². The molecule has 1 unspecified atom stereocenters. The van der Waals surface area contributed by atoms with E-state index in [1.165, 1.54) is 18.4 Å². The van der Waals surface area contributed by atoms with Gasteiger partial charge in [0.15, 0.2) is 0 Å². The Kier molecular flexibility index (Phi) is 2.69. The molecule has 1 aromatic rings. The molecule has 1 saturated heterocycles. The third kappa shape index (κ3) is 2.28. The smallest absolute Gasteiger partial charge is 0.0983 e. The average molecular weight is 221 g/mol. The van der Waals surface area contributed by atoms with Crippen molar-refractivity contribution in [2.24, 2.45) is 5.92 Å². The van der Waals surface area contributed by atoms with Gasteiger partial charge in [-0.2, -0.15) is 5.10 Å². The molecule has 1 N–H and O–H groups in total. The van der Waals surface area contributed by atoms with E-state index in [1.54, 1.807) is 0 Å². The topological polar surface area (TPSA) is 39.1 Å². The minimum absolute atomic E-state index is 0.178. The molecule has 2 fully saturated rings. The minimum Gasteiger partial charge on any atom is -0.368 e. The van der Waals surface area contributed by atoms with Crippen LogP contribution in [0.3, 0.4) is 0 Å². The molecule has 2 heterocycles. The predicted molar refractivity (Wildman–Crippen MR) is 61.1 cm³/mol. The summed E-state index contributed by atoms with van der Waals surface area (Å²) >= 11 is 0. The zero-order valence-electron chi connectivity index (χ0n) is 9.72. The maximum Gasteiger partial charge on any atom is 0.0983 e. The second kappa shape index (κ2) is 4.18. The Hall–Kier alpha value is -0.870. The number of hydrogen-bond acceptors (Lipinski definition) is 3. The first-order valence-electron chi connectivity index (χ1n) is 6.20. The highest BCUT2D eigenvalue weighted by Crippen LogP contribution is 2.30. The van der Waals surface area contributed by atoms with E-state index in [4.69, 9.17) is 4.74 Å². The summed E-state index contributed by atoms with van der Waals surface area (Å²) in [5.41, 5.74) is 1.21. The number of nitrogens with one attached hydrogen (secondary N) is 1. The summed E-state index contributed by atoms with van der Waals surface area (Å²) in [6, 6.07) is 0. The van der Waals surface area contributed by atoms with E-state index in [2.05, 4.69) is 28.2 Å². The first kappa shape index (κ1) is 10.3. The molecule has 1 saturated carbocycles. The summed E-state index contributed by atoms with van der Waals surface area (Å²) < 4.78 is 7.96. The lowest BCUT2D eigenvalue weighted by Gasteiger charge is -2.27. The Morgan fingerprint density at radius 3 is 3.12 bits per heavy atom. The summed E-state index contributed by atoms with van der Waals surface area (Å²) in [6.45, 7) is 5.04. The Balaban J connectivity index is 1.65. The van der Waals surface area contributed by atoms with E-state index in [9.17, 15) is 0 Å². The van der Waals surface area contributed by atoms with E-state index in [0.717, 1.165) is 25.6 Å². The van der Waals surface area contributed by atoms with Gasteiger partial charge in [0, 0.05) is 31.4 Å². The molecule has 1 aromatic heterocycles. The zero-order chi connectivity index (χ0) is 11.0. The van der Waals surface area contributed by atoms with Gasteiger partial charge in [-0.25, -0.2) is 0 Å². The molecule has 16 heavy (non-hydrogen) atoms. The molecular weight excluding hydrogens is 202 g/mol. The molecule has 1 aliphatic carbocycles. The van der Waals surface area contributed by atoms with Crippen molar-refractivity contribution in [2.75, 3.05) is 13.1 Å². The largest absolute Gasteiger partial charge is 0.368 e. The molecular formula is C12H19N3O. The first-order valence-corrected chi connectivity index (χ1v) is 6.20. The number of nitrogens with zero attached hydrogens (tertiary/aromatic N) is 2. The molecule has 2 atom stereocenters. The van der Waals surface area contributed by atoms with Gasteiger partial charge < -0.3 is 10.1 Å². The third-order valence-electron chi connectivity index (χ3n) is 3.33. The molecule has 4 nitrogen and oxygen atoms in total. The molecule has 0 amide bonds. The lowest BCUT2D eigenvalue weighted by atomic mass is 10.1. The summed E-state index contributed by atoms with van der Waals surface area (Å²) in [5.74, 6) is 0.872. The molecule has 2 aliphatic rings. The van der Waals surface area contributed by atoms with E-state index in [-0.39, 0.29) is 6.10 Å². The van der Waals surface area contributed by atoms with Crippen LogP contribution in [-0.4, -0.2) is 29.0 Å². The van der Waals surface area contributed by atoms with Crippen molar-refractivity contribution in [3.63, 3.8) is 0 Å². The van der Waals surface area contributed by atoms with Crippen LogP contribution in [0.15, 0.2) is 12.4 Å². The highest BCUT2D eigenvalue weighted by atomic mass is 16.5. The lowest BCUT2D eigenvalue weighted by molar-refractivity contribution is -0.0287. The number of ether oxygens (including phenoxy) is 1. The minimum atomic E-state index is 0.178. The van der Waals surface area contributed by atoms with Gasteiger partial charge in [-0.05, 0) is 25.7 Å². The Morgan fingerprint density at radius 1 is 1.50 bits per heavy atom.